The van der Waals surface area contributed by atoms with E-state index >= 15 is 0 Å². The van der Waals surface area contributed by atoms with Crippen molar-refractivity contribution in [3.05, 3.63) is 63.4 Å². The minimum Gasteiger partial charge on any atom is -0.333 e. The van der Waals surface area contributed by atoms with E-state index in [1.807, 2.05) is 11.6 Å². The van der Waals surface area contributed by atoms with Crippen molar-refractivity contribution < 1.29 is 9.18 Å². The molecule has 4 rings (SSSR count). The standard InChI is InChI=1S/C19H19ClFN5O2/c1-24-16(11-18(27)26-17(24)4-7-22-26)12-5-8-25(9-6-12)19(28)23-13-2-3-15(21)14(20)10-13/h2-4,7,10-12H,5-6,8-9H2,1H3,(H,23,28). The molecule has 0 radical (unpaired) electrons. The predicted octanol–water partition coefficient (Wildman–Crippen LogP) is 3.24. The molecule has 0 unspecified atom stereocenters. The lowest BCUT2D eigenvalue weighted by Crippen LogP contribution is -2.41. The maximum absolute atomic E-state index is 13.2. The molecular formula is C19H19ClFN5O2. The summed E-state index contributed by atoms with van der Waals surface area (Å²) in [5, 5.41) is 6.75. The van der Waals surface area contributed by atoms with Crippen molar-refractivity contribution in [2.45, 2.75) is 18.8 Å². The second-order valence-corrected chi connectivity index (χ2v) is 7.30. The first kappa shape index (κ1) is 18.5. The predicted molar refractivity (Wildman–Crippen MR) is 104 cm³/mol. The lowest BCUT2D eigenvalue weighted by atomic mass is 9.93. The molecule has 3 aromatic rings. The van der Waals surface area contributed by atoms with Crippen LogP contribution in [0, 0.1) is 5.82 Å². The van der Waals surface area contributed by atoms with Gasteiger partial charge < -0.3 is 14.8 Å². The van der Waals surface area contributed by atoms with Crippen molar-refractivity contribution in [2.24, 2.45) is 7.05 Å². The number of nitrogens with one attached hydrogen (secondary N) is 1. The number of likely N-dealkylation sites (tertiary alicyclic amines) is 1. The Balaban J connectivity index is 1.44. The molecule has 28 heavy (non-hydrogen) atoms. The molecule has 0 saturated carbocycles. The first-order valence-electron chi connectivity index (χ1n) is 8.98. The summed E-state index contributed by atoms with van der Waals surface area (Å²) >= 11 is 5.76. The summed E-state index contributed by atoms with van der Waals surface area (Å²) in [4.78, 5) is 26.4. The summed E-state index contributed by atoms with van der Waals surface area (Å²) in [6, 6.07) is 7.27. The molecule has 1 N–H and O–H groups in total. The van der Waals surface area contributed by atoms with E-state index in [1.54, 1.807) is 23.2 Å². The van der Waals surface area contributed by atoms with Crippen LogP contribution < -0.4 is 10.9 Å². The highest BCUT2D eigenvalue weighted by Crippen LogP contribution is 2.28. The molecule has 0 spiro atoms. The number of nitrogens with zero attached hydrogens (tertiary/aromatic N) is 4. The molecular weight excluding hydrogens is 385 g/mol. The molecule has 2 aromatic heterocycles. The van der Waals surface area contributed by atoms with Crippen LogP contribution >= 0.6 is 11.6 Å². The SMILES string of the molecule is Cn1c(C2CCN(C(=O)Nc3ccc(F)c(Cl)c3)CC2)cc(=O)n2nccc12. The number of amides is 2. The molecule has 1 aliphatic heterocycles. The molecule has 0 aliphatic carbocycles. The Morgan fingerprint density at radius 3 is 2.71 bits per heavy atom. The third-order valence-corrected chi connectivity index (χ3v) is 5.49. The summed E-state index contributed by atoms with van der Waals surface area (Å²) in [6.07, 6.45) is 3.10. The Hall–Kier alpha value is -2.87. The second-order valence-electron chi connectivity index (χ2n) is 6.89. The van der Waals surface area contributed by atoms with E-state index in [0.29, 0.717) is 18.8 Å². The topological polar surface area (TPSA) is 71.6 Å². The van der Waals surface area contributed by atoms with E-state index in [9.17, 15) is 14.0 Å². The Morgan fingerprint density at radius 1 is 1.25 bits per heavy atom. The molecule has 146 valence electrons. The largest absolute Gasteiger partial charge is 0.333 e. The van der Waals surface area contributed by atoms with Gasteiger partial charge in [-0.25, -0.2) is 9.18 Å². The van der Waals surface area contributed by atoms with Crippen LogP contribution in [0.3, 0.4) is 0 Å². The van der Waals surface area contributed by atoms with Gasteiger partial charge in [-0.05, 0) is 31.0 Å². The first-order chi connectivity index (χ1) is 13.4. The van der Waals surface area contributed by atoms with Crippen LogP contribution in [0.5, 0.6) is 0 Å². The Kier molecular flexibility index (Phi) is 4.80. The van der Waals surface area contributed by atoms with E-state index in [0.717, 1.165) is 24.2 Å². The van der Waals surface area contributed by atoms with Crippen LogP contribution in [0.15, 0.2) is 41.3 Å². The highest BCUT2D eigenvalue weighted by molar-refractivity contribution is 6.31. The normalized spacial score (nSPS) is 15.2. The summed E-state index contributed by atoms with van der Waals surface area (Å²) in [6.45, 7) is 1.12. The van der Waals surface area contributed by atoms with Crippen molar-refractivity contribution in [1.29, 1.82) is 0 Å². The van der Waals surface area contributed by atoms with Crippen LogP contribution in [0.2, 0.25) is 5.02 Å². The fourth-order valence-electron chi connectivity index (χ4n) is 3.68. The molecule has 0 atom stereocenters. The van der Waals surface area contributed by atoms with Gasteiger partial charge in [0.1, 0.15) is 11.5 Å². The number of carbonyl (C=O) groups is 1. The number of aromatic nitrogens is 3. The van der Waals surface area contributed by atoms with Gasteiger partial charge in [0, 0.05) is 49.6 Å². The number of hydrogen-bond acceptors (Lipinski definition) is 3. The summed E-state index contributed by atoms with van der Waals surface area (Å²) in [5.74, 6) is -0.344. The zero-order valence-corrected chi connectivity index (χ0v) is 16.0. The number of urea groups is 1. The maximum Gasteiger partial charge on any atom is 0.321 e. The first-order valence-corrected chi connectivity index (χ1v) is 9.36. The van der Waals surface area contributed by atoms with Gasteiger partial charge in [0.15, 0.2) is 0 Å². The van der Waals surface area contributed by atoms with Gasteiger partial charge in [0.25, 0.3) is 5.56 Å². The number of piperidine rings is 1. The third kappa shape index (κ3) is 3.35. The summed E-state index contributed by atoms with van der Waals surface area (Å²) < 4.78 is 16.6. The van der Waals surface area contributed by atoms with Crippen LogP contribution in [0.4, 0.5) is 14.9 Å². The lowest BCUT2D eigenvalue weighted by molar-refractivity contribution is 0.193. The minimum atomic E-state index is -0.527. The van der Waals surface area contributed by atoms with Crippen LogP contribution in [0.1, 0.15) is 24.5 Å². The van der Waals surface area contributed by atoms with Gasteiger partial charge in [0.05, 0.1) is 11.2 Å². The second kappa shape index (κ2) is 7.27. The maximum atomic E-state index is 13.2. The quantitative estimate of drug-likeness (QED) is 0.714. The molecule has 2 amide bonds. The van der Waals surface area contributed by atoms with E-state index in [2.05, 4.69) is 10.4 Å². The zero-order valence-electron chi connectivity index (χ0n) is 15.2. The van der Waals surface area contributed by atoms with Crippen molar-refractivity contribution in [2.75, 3.05) is 18.4 Å². The van der Waals surface area contributed by atoms with Gasteiger partial charge in [-0.3, -0.25) is 4.79 Å². The highest BCUT2D eigenvalue weighted by Gasteiger charge is 2.26. The van der Waals surface area contributed by atoms with Gasteiger partial charge >= 0.3 is 6.03 Å². The van der Waals surface area contributed by atoms with Crippen molar-refractivity contribution in [1.82, 2.24) is 19.1 Å². The van der Waals surface area contributed by atoms with E-state index in [1.165, 1.54) is 22.7 Å². The monoisotopic (exact) mass is 403 g/mol. The number of rotatable bonds is 2. The average molecular weight is 404 g/mol. The number of halogens is 2. The molecule has 1 fully saturated rings. The zero-order chi connectivity index (χ0) is 19.8. The van der Waals surface area contributed by atoms with Gasteiger partial charge in [-0.1, -0.05) is 11.6 Å². The fraction of sp³-hybridized carbons (Fsp3) is 0.316. The van der Waals surface area contributed by atoms with Crippen molar-refractivity contribution in [3.63, 3.8) is 0 Å². The lowest BCUT2D eigenvalue weighted by Gasteiger charge is -2.33. The molecule has 1 aliphatic rings. The number of aryl methyl sites for hydroxylation is 1. The van der Waals surface area contributed by atoms with Gasteiger partial charge in [0.2, 0.25) is 0 Å². The van der Waals surface area contributed by atoms with Crippen molar-refractivity contribution >= 4 is 29.0 Å². The number of hydrogen-bond donors (Lipinski definition) is 1. The average Bonchev–Trinajstić information content (AvgIpc) is 3.19. The van der Waals surface area contributed by atoms with Crippen molar-refractivity contribution in [3.8, 4) is 0 Å². The smallest absolute Gasteiger partial charge is 0.321 e. The summed E-state index contributed by atoms with van der Waals surface area (Å²) in [7, 11) is 1.92. The minimum absolute atomic E-state index is 0.0345. The molecule has 1 aromatic carbocycles. The van der Waals surface area contributed by atoms with Crippen LogP contribution in [-0.2, 0) is 7.05 Å². The number of carbonyl (C=O) groups excluding carboxylic acids is 1. The van der Waals surface area contributed by atoms with E-state index < -0.39 is 5.82 Å². The Morgan fingerprint density at radius 2 is 2.00 bits per heavy atom. The van der Waals surface area contributed by atoms with E-state index in [-0.39, 0.29) is 22.5 Å². The van der Waals surface area contributed by atoms with Crippen LogP contribution in [-0.4, -0.2) is 38.2 Å². The Bertz CT molecular complexity index is 1100. The molecule has 3 heterocycles. The number of anilines is 1. The van der Waals surface area contributed by atoms with Crippen LogP contribution in [0.25, 0.3) is 5.65 Å². The molecule has 9 heteroatoms. The molecule has 1 saturated heterocycles. The Labute approximate surface area is 165 Å². The van der Waals surface area contributed by atoms with E-state index in [4.69, 9.17) is 11.6 Å². The van der Waals surface area contributed by atoms with Gasteiger partial charge in [-0.2, -0.15) is 9.61 Å². The number of fused-ring (bicyclic) bond motifs is 1. The summed E-state index contributed by atoms with van der Waals surface area (Å²) in [5.41, 5.74) is 1.99. The molecule has 7 nitrogen and oxygen atoms in total. The molecule has 0 bridgehead atoms. The number of benzene rings is 1. The highest BCUT2D eigenvalue weighted by atomic mass is 35.5. The fourth-order valence-corrected chi connectivity index (χ4v) is 3.86. The third-order valence-electron chi connectivity index (χ3n) is 5.21. The van der Waals surface area contributed by atoms with Gasteiger partial charge in [-0.15, -0.1) is 0 Å².